The molecule has 0 aliphatic carbocycles. The van der Waals surface area contributed by atoms with E-state index < -0.39 is 0 Å². The van der Waals surface area contributed by atoms with E-state index >= 15 is 0 Å². The van der Waals surface area contributed by atoms with Crippen LogP contribution in [-0.4, -0.2) is 41.5 Å². The predicted octanol–water partition coefficient (Wildman–Crippen LogP) is 1.83. The maximum atomic E-state index is 4.24. The maximum absolute atomic E-state index is 4.24. The summed E-state index contributed by atoms with van der Waals surface area (Å²) >= 11 is 2.26. The van der Waals surface area contributed by atoms with Gasteiger partial charge in [-0.1, -0.05) is 0 Å². The normalized spacial score (nSPS) is 18.6. The van der Waals surface area contributed by atoms with Crippen molar-refractivity contribution in [2.24, 2.45) is 5.92 Å². The van der Waals surface area contributed by atoms with Crippen molar-refractivity contribution in [3.05, 3.63) is 16.1 Å². The number of halogens is 1. The zero-order valence-corrected chi connectivity index (χ0v) is 11.6. The Morgan fingerprint density at radius 3 is 2.94 bits per heavy atom. The molecule has 1 aliphatic heterocycles. The summed E-state index contributed by atoms with van der Waals surface area (Å²) in [7, 11) is 2.19. The highest BCUT2D eigenvalue weighted by molar-refractivity contribution is 14.1. The number of rotatable bonds is 3. The smallest absolute Gasteiger partial charge is 0.142 e. The van der Waals surface area contributed by atoms with E-state index in [9.17, 15) is 0 Å². The van der Waals surface area contributed by atoms with Crippen molar-refractivity contribution in [3.8, 4) is 0 Å². The van der Waals surface area contributed by atoms with Crippen molar-refractivity contribution >= 4 is 28.4 Å². The topological polar surface area (TPSA) is 41.0 Å². The molecule has 0 unspecified atom stereocenters. The van der Waals surface area contributed by atoms with Gasteiger partial charge in [-0.05, 0) is 61.5 Å². The summed E-state index contributed by atoms with van der Waals surface area (Å²) in [6.07, 6.45) is 6.00. The molecular formula is C11H17IN4. The molecule has 5 heteroatoms. The van der Waals surface area contributed by atoms with Crippen LogP contribution in [0.4, 0.5) is 5.82 Å². The first-order valence-electron chi connectivity index (χ1n) is 5.63. The molecular weight excluding hydrogens is 315 g/mol. The van der Waals surface area contributed by atoms with Crippen molar-refractivity contribution in [3.63, 3.8) is 0 Å². The van der Waals surface area contributed by atoms with E-state index in [1.165, 1.54) is 25.9 Å². The number of aromatic nitrogens is 2. The quantitative estimate of drug-likeness (QED) is 0.858. The molecule has 2 heterocycles. The lowest BCUT2D eigenvalue weighted by Crippen LogP contribution is -2.33. The van der Waals surface area contributed by atoms with Gasteiger partial charge in [-0.3, -0.25) is 0 Å². The van der Waals surface area contributed by atoms with Gasteiger partial charge >= 0.3 is 0 Å². The lowest BCUT2D eigenvalue weighted by Gasteiger charge is -2.29. The molecule has 1 saturated heterocycles. The molecule has 1 aliphatic rings. The van der Waals surface area contributed by atoms with Gasteiger partial charge in [0.25, 0.3) is 0 Å². The molecule has 1 fully saturated rings. The molecule has 88 valence electrons. The number of likely N-dealkylation sites (tertiary alicyclic amines) is 1. The third-order valence-corrected chi connectivity index (χ3v) is 3.85. The van der Waals surface area contributed by atoms with Crippen LogP contribution in [0.15, 0.2) is 12.5 Å². The van der Waals surface area contributed by atoms with Crippen LogP contribution < -0.4 is 5.32 Å². The van der Waals surface area contributed by atoms with Crippen LogP contribution in [0.25, 0.3) is 0 Å². The minimum atomic E-state index is 0.780. The molecule has 0 amide bonds. The molecule has 0 atom stereocenters. The van der Waals surface area contributed by atoms with Gasteiger partial charge in [0.05, 0.1) is 3.57 Å². The Balaban J connectivity index is 1.81. The zero-order valence-electron chi connectivity index (χ0n) is 9.49. The van der Waals surface area contributed by atoms with Crippen molar-refractivity contribution < 1.29 is 0 Å². The van der Waals surface area contributed by atoms with Crippen LogP contribution >= 0.6 is 22.6 Å². The van der Waals surface area contributed by atoms with Crippen LogP contribution in [0, 0.1) is 9.49 Å². The lowest BCUT2D eigenvalue weighted by atomic mass is 9.97. The monoisotopic (exact) mass is 332 g/mol. The number of nitrogens with one attached hydrogen (secondary N) is 1. The van der Waals surface area contributed by atoms with Gasteiger partial charge in [-0.2, -0.15) is 0 Å². The Labute approximate surface area is 110 Å². The van der Waals surface area contributed by atoms with E-state index in [0.717, 1.165) is 21.9 Å². The summed E-state index contributed by atoms with van der Waals surface area (Å²) in [5.74, 6) is 1.75. The number of hydrogen-bond donors (Lipinski definition) is 1. The first-order valence-corrected chi connectivity index (χ1v) is 6.71. The fourth-order valence-electron chi connectivity index (χ4n) is 1.95. The SMILES string of the molecule is CN1CCC(CNc2ncncc2I)CC1. The molecule has 2 rings (SSSR count). The molecule has 1 N–H and O–H groups in total. The van der Waals surface area contributed by atoms with Crippen LogP contribution in [0.1, 0.15) is 12.8 Å². The van der Waals surface area contributed by atoms with Crippen molar-refractivity contribution in [1.29, 1.82) is 0 Å². The number of anilines is 1. The largest absolute Gasteiger partial charge is 0.369 e. The molecule has 0 spiro atoms. The van der Waals surface area contributed by atoms with E-state index in [4.69, 9.17) is 0 Å². The maximum Gasteiger partial charge on any atom is 0.142 e. The summed E-state index contributed by atoms with van der Waals surface area (Å²) < 4.78 is 1.09. The van der Waals surface area contributed by atoms with Gasteiger partial charge in [0.2, 0.25) is 0 Å². The van der Waals surface area contributed by atoms with Gasteiger partial charge in [0.15, 0.2) is 0 Å². The van der Waals surface area contributed by atoms with Gasteiger partial charge in [0, 0.05) is 12.7 Å². The minimum absolute atomic E-state index is 0.780. The molecule has 16 heavy (non-hydrogen) atoms. The molecule has 0 radical (unpaired) electrons. The Bertz CT molecular complexity index is 337. The molecule has 4 nitrogen and oxygen atoms in total. The van der Waals surface area contributed by atoms with Crippen molar-refractivity contribution in [2.45, 2.75) is 12.8 Å². The van der Waals surface area contributed by atoms with E-state index in [1.807, 2.05) is 6.20 Å². The van der Waals surface area contributed by atoms with E-state index in [0.29, 0.717) is 0 Å². The molecule has 0 aromatic carbocycles. The number of nitrogens with zero attached hydrogens (tertiary/aromatic N) is 3. The lowest BCUT2D eigenvalue weighted by molar-refractivity contribution is 0.226. The van der Waals surface area contributed by atoms with E-state index in [2.05, 4.69) is 49.8 Å². The second kappa shape index (κ2) is 5.77. The van der Waals surface area contributed by atoms with Crippen LogP contribution in [0.2, 0.25) is 0 Å². The molecule has 1 aromatic rings. The van der Waals surface area contributed by atoms with Gasteiger partial charge < -0.3 is 10.2 Å². The summed E-state index contributed by atoms with van der Waals surface area (Å²) in [5, 5.41) is 3.42. The fourth-order valence-corrected chi connectivity index (χ4v) is 2.44. The average Bonchev–Trinajstić information content (AvgIpc) is 2.30. The van der Waals surface area contributed by atoms with Gasteiger partial charge in [-0.15, -0.1) is 0 Å². The average molecular weight is 332 g/mol. The molecule has 0 bridgehead atoms. The summed E-state index contributed by atoms with van der Waals surface area (Å²) in [6, 6.07) is 0. The summed E-state index contributed by atoms with van der Waals surface area (Å²) in [6.45, 7) is 3.46. The highest BCUT2D eigenvalue weighted by atomic mass is 127. The summed E-state index contributed by atoms with van der Waals surface area (Å²) in [5.41, 5.74) is 0. The van der Waals surface area contributed by atoms with Crippen molar-refractivity contribution in [1.82, 2.24) is 14.9 Å². The van der Waals surface area contributed by atoms with Crippen molar-refractivity contribution in [2.75, 3.05) is 32.0 Å². The Kier molecular flexibility index (Phi) is 4.34. The third kappa shape index (κ3) is 3.28. The molecule has 0 saturated carbocycles. The zero-order chi connectivity index (χ0) is 11.4. The van der Waals surface area contributed by atoms with Gasteiger partial charge in [0.1, 0.15) is 12.1 Å². The highest BCUT2D eigenvalue weighted by Crippen LogP contribution is 2.18. The van der Waals surface area contributed by atoms with Crippen LogP contribution in [0.3, 0.4) is 0 Å². The Morgan fingerprint density at radius 1 is 1.50 bits per heavy atom. The second-order valence-electron chi connectivity index (χ2n) is 4.35. The fraction of sp³-hybridized carbons (Fsp3) is 0.636. The second-order valence-corrected chi connectivity index (χ2v) is 5.51. The Morgan fingerprint density at radius 2 is 2.25 bits per heavy atom. The first-order chi connectivity index (χ1) is 7.75. The Hall–Kier alpha value is -0.430. The number of piperidine rings is 1. The standard InChI is InChI=1S/C11H17IN4/c1-16-4-2-9(3-5-16)6-14-11-10(12)7-13-8-15-11/h7-9H,2-6H2,1H3,(H,13,14,15). The minimum Gasteiger partial charge on any atom is -0.369 e. The summed E-state index contributed by atoms with van der Waals surface area (Å²) in [4.78, 5) is 10.6. The van der Waals surface area contributed by atoms with Gasteiger partial charge in [-0.25, -0.2) is 9.97 Å². The third-order valence-electron chi connectivity index (χ3n) is 3.06. The highest BCUT2D eigenvalue weighted by Gasteiger charge is 2.16. The van der Waals surface area contributed by atoms with E-state index in [1.54, 1.807) is 6.33 Å². The number of hydrogen-bond acceptors (Lipinski definition) is 4. The van der Waals surface area contributed by atoms with Crippen LogP contribution in [0.5, 0.6) is 0 Å². The van der Waals surface area contributed by atoms with E-state index in [-0.39, 0.29) is 0 Å². The molecule has 1 aromatic heterocycles. The van der Waals surface area contributed by atoms with Crippen LogP contribution in [-0.2, 0) is 0 Å². The first kappa shape index (κ1) is 12.0. The predicted molar refractivity (Wildman–Crippen MR) is 73.5 cm³/mol.